The topological polar surface area (TPSA) is 13.0 Å². The molecular formula is C72H79BN4. The third-order valence-electron chi connectivity index (χ3n) is 18.4. The molecule has 0 saturated heterocycles. The van der Waals surface area contributed by atoms with Crippen LogP contribution in [0.4, 0.5) is 62.6 Å². The van der Waals surface area contributed by atoms with E-state index < -0.39 is 0 Å². The summed E-state index contributed by atoms with van der Waals surface area (Å²) in [6, 6.07) is 68.4. The van der Waals surface area contributed by atoms with Crippen LogP contribution >= 0.6 is 0 Å². The zero-order chi connectivity index (χ0) is 54.2. The van der Waals surface area contributed by atoms with E-state index in [-0.39, 0.29) is 39.3 Å². The second-order valence-corrected chi connectivity index (χ2v) is 27.5. The van der Waals surface area contributed by atoms with Crippen LogP contribution in [0.3, 0.4) is 0 Å². The summed E-state index contributed by atoms with van der Waals surface area (Å²) in [5, 5.41) is 0. The van der Waals surface area contributed by atoms with Crippen molar-refractivity contribution in [2.75, 3.05) is 19.6 Å². The second-order valence-electron chi connectivity index (χ2n) is 27.5. The molecule has 8 aromatic carbocycles. The van der Waals surface area contributed by atoms with Crippen LogP contribution in [-0.4, -0.2) is 12.3 Å². The van der Waals surface area contributed by atoms with Crippen molar-refractivity contribution < 1.29 is 0 Å². The Bertz CT molecular complexity index is 3490. The first-order valence-corrected chi connectivity index (χ1v) is 28.6. The van der Waals surface area contributed by atoms with Gasteiger partial charge < -0.3 is 19.6 Å². The Morgan fingerprint density at radius 2 is 0.844 bits per heavy atom. The number of rotatable bonds is 6. The van der Waals surface area contributed by atoms with Gasteiger partial charge in [-0.05, 0) is 177 Å². The maximum Gasteiger partial charge on any atom is 0.252 e. The lowest BCUT2D eigenvalue weighted by molar-refractivity contribution is 0.195. The number of para-hydroxylation sites is 2. The Morgan fingerprint density at radius 1 is 0.390 bits per heavy atom. The molecule has 2 atom stereocenters. The average Bonchev–Trinajstić information content (AvgIpc) is 3.78. The Hall–Kier alpha value is -6.98. The average molecular weight is 1010 g/mol. The van der Waals surface area contributed by atoms with Gasteiger partial charge in [-0.3, -0.25) is 0 Å². The molecule has 3 heterocycles. The van der Waals surface area contributed by atoms with E-state index in [1.54, 1.807) is 0 Å². The minimum Gasteiger partial charge on any atom is -0.334 e. The van der Waals surface area contributed by atoms with Crippen LogP contribution < -0.4 is 36.0 Å². The van der Waals surface area contributed by atoms with E-state index in [4.69, 9.17) is 0 Å². The van der Waals surface area contributed by atoms with E-state index in [0.717, 1.165) is 12.8 Å². The van der Waals surface area contributed by atoms with Crippen LogP contribution in [0.15, 0.2) is 176 Å². The summed E-state index contributed by atoms with van der Waals surface area (Å²) in [5.41, 5.74) is 24.0. The minimum absolute atomic E-state index is 0.0254. The summed E-state index contributed by atoms with van der Waals surface area (Å²) in [4.78, 5) is 10.5. The quantitative estimate of drug-likeness (QED) is 0.154. The molecular weight excluding hydrogens is 932 g/mol. The first-order valence-electron chi connectivity index (χ1n) is 28.6. The Morgan fingerprint density at radius 3 is 1.40 bits per heavy atom. The van der Waals surface area contributed by atoms with Crippen molar-refractivity contribution in [3.63, 3.8) is 0 Å². The molecule has 390 valence electrons. The molecule has 1 saturated carbocycles. The molecule has 0 radical (unpaired) electrons. The molecule has 5 heteroatoms. The third-order valence-corrected chi connectivity index (χ3v) is 18.4. The molecule has 0 amide bonds. The van der Waals surface area contributed by atoms with Crippen molar-refractivity contribution in [3.8, 4) is 0 Å². The molecule has 77 heavy (non-hydrogen) atoms. The van der Waals surface area contributed by atoms with Gasteiger partial charge in [-0.25, -0.2) is 0 Å². The van der Waals surface area contributed by atoms with Crippen LogP contribution in [0.25, 0.3) is 0 Å². The summed E-state index contributed by atoms with van der Waals surface area (Å²) in [5.74, 6) is 0. The van der Waals surface area contributed by atoms with Crippen molar-refractivity contribution in [3.05, 3.63) is 204 Å². The highest BCUT2D eigenvalue weighted by atomic mass is 15.3. The van der Waals surface area contributed by atoms with E-state index in [1.807, 2.05) is 0 Å². The molecule has 8 aromatic rings. The van der Waals surface area contributed by atoms with Gasteiger partial charge >= 0.3 is 0 Å². The van der Waals surface area contributed by atoms with E-state index >= 15 is 0 Å². The maximum atomic E-state index is 2.81. The lowest BCUT2D eigenvalue weighted by Gasteiger charge is -2.51. The first kappa shape index (κ1) is 50.8. The highest BCUT2D eigenvalue weighted by Crippen LogP contribution is 2.62. The SMILES string of the molecule is CC(C)(C)c1ccc(N(c2ccc(C(C)(C)C)cc2)c2ccc3c(c2)C2(C)CCCCC2(C)N3c2cc3c4c(c2)N(c2ccc(C(C)(C)C)cc2)c2ccc(C(C)(C)C)cc2B4c2ccccc2N3c2ccccc2)cc1. The smallest absolute Gasteiger partial charge is 0.252 e. The number of nitrogens with zero attached hydrogens (tertiary/aromatic N) is 4. The van der Waals surface area contributed by atoms with Gasteiger partial charge in [-0.2, -0.15) is 0 Å². The molecule has 0 aromatic heterocycles. The number of benzene rings is 8. The van der Waals surface area contributed by atoms with E-state index in [0.29, 0.717) is 0 Å². The monoisotopic (exact) mass is 1010 g/mol. The summed E-state index contributed by atoms with van der Waals surface area (Å²) in [7, 11) is 0. The van der Waals surface area contributed by atoms with Gasteiger partial charge in [0.2, 0.25) is 0 Å². The Labute approximate surface area is 461 Å². The fourth-order valence-electron chi connectivity index (χ4n) is 13.7. The maximum absolute atomic E-state index is 2.81. The summed E-state index contributed by atoms with van der Waals surface area (Å²) in [6.45, 7) is 33.0. The summed E-state index contributed by atoms with van der Waals surface area (Å²) in [6.07, 6.45) is 4.61. The van der Waals surface area contributed by atoms with Gasteiger partial charge in [-0.15, -0.1) is 0 Å². The van der Waals surface area contributed by atoms with Crippen molar-refractivity contribution in [1.29, 1.82) is 0 Å². The van der Waals surface area contributed by atoms with E-state index in [1.165, 1.54) is 120 Å². The fourth-order valence-corrected chi connectivity index (χ4v) is 13.7. The number of fused-ring (bicyclic) bond motifs is 7. The van der Waals surface area contributed by atoms with Crippen LogP contribution in [0.1, 0.15) is 150 Å². The minimum atomic E-state index is -0.211. The zero-order valence-electron chi connectivity index (χ0n) is 48.4. The molecule has 3 aliphatic heterocycles. The Balaban J connectivity index is 1.11. The van der Waals surface area contributed by atoms with Gasteiger partial charge in [0.05, 0.1) is 5.54 Å². The normalized spacial score (nSPS) is 18.8. The molecule has 0 bridgehead atoms. The van der Waals surface area contributed by atoms with Crippen LogP contribution in [0, 0.1) is 0 Å². The standard InChI is InChI=1S/C72H79BN4/c1-67(2,3)48-26-33-53(34-27-48)74(54-35-28-49(29-36-54)68(4,5)6)56-39-41-61-58(45-56)71(13)42-20-21-43-72(71,14)77(61)57-46-64-66-65(47-57)76(55-37-30-50(31-38-55)69(7,8)9)63-40-32-51(70(10,11)12)44-60(63)73(66)59-24-18-19-25-62(59)75(64)52-22-16-15-17-23-52/h15-19,22-41,44-47H,20-21,42-43H2,1-14H3. The number of hydrogen-bond donors (Lipinski definition) is 0. The molecule has 4 aliphatic rings. The number of hydrogen-bond acceptors (Lipinski definition) is 4. The lowest BCUT2D eigenvalue weighted by atomic mass is 9.33. The molecule has 1 fully saturated rings. The second kappa shape index (κ2) is 17.8. The van der Waals surface area contributed by atoms with Gasteiger partial charge in [-0.1, -0.05) is 188 Å². The van der Waals surface area contributed by atoms with Gasteiger partial charge in [0, 0.05) is 68.0 Å². The van der Waals surface area contributed by atoms with Crippen molar-refractivity contribution in [1.82, 2.24) is 0 Å². The highest BCUT2D eigenvalue weighted by Gasteiger charge is 2.58. The largest absolute Gasteiger partial charge is 0.334 e. The third kappa shape index (κ3) is 8.24. The van der Waals surface area contributed by atoms with Gasteiger partial charge in [0.15, 0.2) is 0 Å². The molecule has 2 unspecified atom stereocenters. The van der Waals surface area contributed by atoms with Gasteiger partial charge in [0.1, 0.15) is 0 Å². The van der Waals surface area contributed by atoms with Crippen LogP contribution in [0.2, 0.25) is 0 Å². The van der Waals surface area contributed by atoms with Gasteiger partial charge in [0.25, 0.3) is 6.71 Å². The highest BCUT2D eigenvalue weighted by molar-refractivity contribution is 7.00. The van der Waals surface area contributed by atoms with Crippen LogP contribution in [0.5, 0.6) is 0 Å². The predicted molar refractivity (Wildman–Crippen MR) is 333 cm³/mol. The molecule has 12 rings (SSSR count). The molecule has 1 aliphatic carbocycles. The predicted octanol–water partition coefficient (Wildman–Crippen LogP) is 18.2. The summed E-state index contributed by atoms with van der Waals surface area (Å²) < 4.78 is 0. The lowest BCUT2D eigenvalue weighted by Crippen LogP contribution is -2.61. The van der Waals surface area contributed by atoms with Crippen molar-refractivity contribution >= 4 is 85.7 Å². The molecule has 4 nitrogen and oxygen atoms in total. The molecule has 0 spiro atoms. The Kier molecular flexibility index (Phi) is 11.7. The number of anilines is 11. The van der Waals surface area contributed by atoms with Crippen molar-refractivity contribution in [2.24, 2.45) is 0 Å². The fraction of sp³-hybridized carbons (Fsp3) is 0.333. The van der Waals surface area contributed by atoms with E-state index in [2.05, 4.69) is 292 Å². The summed E-state index contributed by atoms with van der Waals surface area (Å²) >= 11 is 0. The van der Waals surface area contributed by atoms with Crippen molar-refractivity contribution in [2.45, 2.75) is 155 Å². The first-order chi connectivity index (χ1) is 36.5. The van der Waals surface area contributed by atoms with Crippen LogP contribution in [-0.2, 0) is 27.1 Å². The molecule has 0 N–H and O–H groups in total. The zero-order valence-corrected chi connectivity index (χ0v) is 48.4. The van der Waals surface area contributed by atoms with E-state index in [9.17, 15) is 0 Å².